The van der Waals surface area contributed by atoms with Crippen LogP contribution in [0.5, 0.6) is 0 Å². The molecule has 4 heteroatoms. The van der Waals surface area contributed by atoms with E-state index in [1.54, 1.807) is 0 Å². The fourth-order valence-corrected chi connectivity index (χ4v) is 7.36. The predicted molar refractivity (Wildman–Crippen MR) is 216 cm³/mol. The van der Waals surface area contributed by atoms with Crippen molar-refractivity contribution < 1.29 is 15.0 Å². The van der Waals surface area contributed by atoms with Crippen molar-refractivity contribution in [1.82, 2.24) is 5.32 Å². The summed E-state index contributed by atoms with van der Waals surface area (Å²) in [4.78, 5) is 12.4. The summed E-state index contributed by atoms with van der Waals surface area (Å²) in [7, 11) is 0. The lowest BCUT2D eigenvalue weighted by atomic mass is 10.0. The molecule has 3 N–H and O–H groups in total. The number of unbranched alkanes of at least 4 members (excludes halogenated alkanes) is 35. The lowest BCUT2D eigenvalue weighted by molar-refractivity contribution is -0.123. The number of carbonyl (C=O) groups excluding carboxylic acids is 1. The van der Waals surface area contributed by atoms with Crippen molar-refractivity contribution in [2.45, 2.75) is 276 Å². The third kappa shape index (κ3) is 38.5. The quantitative estimate of drug-likeness (QED) is 0.0557. The van der Waals surface area contributed by atoms with Crippen molar-refractivity contribution in [3.63, 3.8) is 0 Å². The number of nitrogens with one attached hydrogen (secondary N) is 1. The van der Waals surface area contributed by atoms with Crippen LogP contribution in [0.1, 0.15) is 264 Å². The summed E-state index contributed by atoms with van der Waals surface area (Å²) in [6.45, 7) is 4.39. The van der Waals surface area contributed by atoms with E-state index in [1.165, 1.54) is 212 Å². The molecule has 0 aliphatic carbocycles. The van der Waals surface area contributed by atoms with Crippen LogP contribution in [-0.2, 0) is 4.79 Å². The molecule has 0 saturated heterocycles. The van der Waals surface area contributed by atoms with Gasteiger partial charge in [0.25, 0.3) is 0 Å². The highest BCUT2D eigenvalue weighted by Gasteiger charge is 2.20. The largest absolute Gasteiger partial charge is 0.394 e. The molecule has 0 radical (unpaired) electrons. The van der Waals surface area contributed by atoms with E-state index in [9.17, 15) is 15.0 Å². The number of hydrogen-bond acceptors (Lipinski definition) is 3. The van der Waals surface area contributed by atoms with Gasteiger partial charge in [-0.2, -0.15) is 0 Å². The zero-order chi connectivity index (χ0) is 35.7. The second-order valence-corrected chi connectivity index (χ2v) is 15.8. The van der Waals surface area contributed by atoms with E-state index >= 15 is 0 Å². The summed E-state index contributed by atoms with van der Waals surface area (Å²) in [5, 5.41) is 23.2. The molecule has 0 aliphatic rings. The van der Waals surface area contributed by atoms with Crippen LogP contribution in [0.2, 0.25) is 0 Å². The number of aliphatic hydroxyl groups excluding tert-OH is 2. The van der Waals surface area contributed by atoms with E-state index in [0.717, 1.165) is 25.7 Å². The van der Waals surface area contributed by atoms with Gasteiger partial charge in [0.15, 0.2) is 0 Å². The summed E-state index contributed by atoms with van der Waals surface area (Å²) in [5.41, 5.74) is 0. The lowest BCUT2D eigenvalue weighted by Crippen LogP contribution is -2.45. The fourth-order valence-electron chi connectivity index (χ4n) is 7.36. The molecule has 49 heavy (non-hydrogen) atoms. The highest BCUT2D eigenvalue weighted by atomic mass is 16.3. The Kier molecular flexibility index (Phi) is 41.3. The Morgan fingerprint density at radius 3 is 0.918 bits per heavy atom. The normalized spacial score (nSPS) is 12.8. The molecule has 0 aromatic carbocycles. The Hall–Kier alpha value is -0.610. The molecule has 0 bridgehead atoms. The smallest absolute Gasteiger partial charge is 0.220 e. The van der Waals surface area contributed by atoms with Crippen LogP contribution in [0.3, 0.4) is 0 Å². The Labute approximate surface area is 308 Å². The van der Waals surface area contributed by atoms with E-state index in [4.69, 9.17) is 0 Å². The Balaban J connectivity index is 3.45. The van der Waals surface area contributed by atoms with Gasteiger partial charge in [0.1, 0.15) is 0 Å². The fraction of sp³-hybridized carbons (Fsp3) is 0.978. The van der Waals surface area contributed by atoms with E-state index < -0.39 is 12.1 Å². The third-order valence-electron chi connectivity index (χ3n) is 10.9. The van der Waals surface area contributed by atoms with E-state index in [-0.39, 0.29) is 12.5 Å². The molecule has 0 fully saturated rings. The first kappa shape index (κ1) is 48.4. The Morgan fingerprint density at radius 2 is 0.653 bits per heavy atom. The Bertz CT molecular complexity index is 626. The van der Waals surface area contributed by atoms with Gasteiger partial charge in [-0.3, -0.25) is 4.79 Å². The molecule has 0 saturated carbocycles. The minimum Gasteiger partial charge on any atom is -0.394 e. The molecule has 1 amide bonds. The highest BCUT2D eigenvalue weighted by Crippen LogP contribution is 2.17. The van der Waals surface area contributed by atoms with Gasteiger partial charge in [0.05, 0.1) is 18.8 Å². The molecular weight excluding hydrogens is 602 g/mol. The monoisotopic (exact) mass is 694 g/mol. The van der Waals surface area contributed by atoms with Gasteiger partial charge in [-0.25, -0.2) is 0 Å². The topological polar surface area (TPSA) is 69.6 Å². The highest BCUT2D eigenvalue weighted by molar-refractivity contribution is 5.76. The molecule has 0 spiro atoms. The van der Waals surface area contributed by atoms with Crippen LogP contribution in [0.4, 0.5) is 0 Å². The second kappa shape index (κ2) is 41.8. The van der Waals surface area contributed by atoms with Gasteiger partial charge in [-0.1, -0.05) is 245 Å². The van der Waals surface area contributed by atoms with Crippen LogP contribution in [0.25, 0.3) is 0 Å². The number of amides is 1. The van der Waals surface area contributed by atoms with E-state index in [0.29, 0.717) is 12.8 Å². The standard InChI is InChI=1S/C45H91NO3/c1-3-5-7-9-11-13-15-17-19-21-22-23-24-25-26-28-30-32-34-36-38-40-44(48)43(42-47)46-45(49)41-39-37-35-33-31-29-27-20-18-16-14-12-10-8-6-4-2/h43-44,47-48H,3-42H2,1-2H3,(H,46,49). The molecule has 0 aromatic heterocycles. The Morgan fingerprint density at radius 1 is 0.408 bits per heavy atom. The van der Waals surface area contributed by atoms with Gasteiger partial charge in [-0.05, 0) is 12.8 Å². The molecule has 0 rings (SSSR count). The molecular formula is C45H91NO3. The van der Waals surface area contributed by atoms with E-state index in [1.807, 2.05) is 0 Å². The molecule has 2 unspecified atom stereocenters. The molecule has 0 aliphatic heterocycles. The summed E-state index contributed by atoms with van der Waals surface area (Å²) in [6.07, 6.45) is 50.4. The van der Waals surface area contributed by atoms with Crippen molar-refractivity contribution in [2.24, 2.45) is 0 Å². The van der Waals surface area contributed by atoms with Gasteiger partial charge < -0.3 is 15.5 Å². The lowest BCUT2D eigenvalue weighted by Gasteiger charge is -2.22. The summed E-state index contributed by atoms with van der Waals surface area (Å²) >= 11 is 0. The molecule has 4 nitrogen and oxygen atoms in total. The minimum atomic E-state index is -0.653. The SMILES string of the molecule is CCCCCCCCCCCCCCCCCCCCCCCC(O)C(CO)NC(=O)CCCCCCCCCCCCCCCCCC. The predicted octanol–water partition coefficient (Wildman–Crippen LogP) is 14.1. The number of hydrogen-bond donors (Lipinski definition) is 3. The van der Waals surface area contributed by atoms with Crippen LogP contribution >= 0.6 is 0 Å². The van der Waals surface area contributed by atoms with Crippen molar-refractivity contribution in [2.75, 3.05) is 6.61 Å². The molecule has 294 valence electrons. The van der Waals surface area contributed by atoms with Crippen LogP contribution in [-0.4, -0.2) is 34.9 Å². The van der Waals surface area contributed by atoms with E-state index in [2.05, 4.69) is 19.2 Å². The summed E-state index contributed by atoms with van der Waals surface area (Å²) in [6, 6.07) is -0.529. The maximum absolute atomic E-state index is 12.4. The van der Waals surface area contributed by atoms with Crippen molar-refractivity contribution >= 4 is 5.91 Å². The average Bonchev–Trinajstić information content (AvgIpc) is 3.10. The van der Waals surface area contributed by atoms with Crippen molar-refractivity contribution in [1.29, 1.82) is 0 Å². The minimum absolute atomic E-state index is 0.0257. The van der Waals surface area contributed by atoms with Gasteiger partial charge in [0, 0.05) is 6.42 Å². The van der Waals surface area contributed by atoms with Crippen LogP contribution in [0, 0.1) is 0 Å². The number of rotatable bonds is 42. The van der Waals surface area contributed by atoms with Crippen LogP contribution in [0.15, 0.2) is 0 Å². The summed E-state index contributed by atoms with van der Waals surface area (Å²) < 4.78 is 0. The van der Waals surface area contributed by atoms with Gasteiger partial charge in [0.2, 0.25) is 5.91 Å². The number of aliphatic hydroxyl groups is 2. The van der Waals surface area contributed by atoms with Gasteiger partial charge in [-0.15, -0.1) is 0 Å². The van der Waals surface area contributed by atoms with Crippen LogP contribution < -0.4 is 5.32 Å². The molecule has 0 heterocycles. The third-order valence-corrected chi connectivity index (χ3v) is 10.9. The first-order valence-corrected chi connectivity index (χ1v) is 22.7. The second-order valence-electron chi connectivity index (χ2n) is 15.8. The van der Waals surface area contributed by atoms with Crippen molar-refractivity contribution in [3.8, 4) is 0 Å². The first-order valence-electron chi connectivity index (χ1n) is 22.7. The number of carbonyl (C=O) groups is 1. The molecule has 0 aromatic rings. The zero-order valence-electron chi connectivity index (χ0n) is 33.7. The van der Waals surface area contributed by atoms with Gasteiger partial charge >= 0.3 is 0 Å². The van der Waals surface area contributed by atoms with Crippen molar-refractivity contribution in [3.05, 3.63) is 0 Å². The zero-order valence-corrected chi connectivity index (χ0v) is 33.7. The first-order chi connectivity index (χ1) is 24.2. The average molecular weight is 694 g/mol. The molecule has 2 atom stereocenters. The maximum Gasteiger partial charge on any atom is 0.220 e. The maximum atomic E-state index is 12.4. The summed E-state index contributed by atoms with van der Waals surface area (Å²) in [5.74, 6) is -0.0257.